The van der Waals surface area contributed by atoms with Crippen molar-refractivity contribution in [1.29, 1.82) is 0 Å². The molecule has 1 atom stereocenters. The van der Waals surface area contributed by atoms with Gasteiger partial charge in [0.05, 0.1) is 13.7 Å². The minimum Gasteiger partial charge on any atom is -0.467 e. The molecule has 0 aliphatic carbocycles. The summed E-state index contributed by atoms with van der Waals surface area (Å²) in [6, 6.07) is 0. The van der Waals surface area contributed by atoms with Gasteiger partial charge in [-0.1, -0.05) is 47.1 Å². The van der Waals surface area contributed by atoms with Crippen molar-refractivity contribution in [3.05, 3.63) is 12.2 Å². The van der Waals surface area contributed by atoms with Crippen LogP contribution in [0.2, 0.25) is 0 Å². The average Bonchev–Trinajstić information content (AvgIpc) is 2.52. The first kappa shape index (κ1) is 25.1. The summed E-state index contributed by atoms with van der Waals surface area (Å²) in [5.41, 5.74) is -1.47. The van der Waals surface area contributed by atoms with Gasteiger partial charge in [0.1, 0.15) is 0 Å². The van der Waals surface area contributed by atoms with E-state index in [4.69, 9.17) is 9.99 Å². The number of carbonyl (C=O) groups excluding carboxylic acids is 1. The molecule has 0 fully saturated rings. The molecule has 0 bridgehead atoms. The van der Waals surface area contributed by atoms with Gasteiger partial charge in [-0.15, -0.1) is 0 Å². The number of esters is 1. The van der Waals surface area contributed by atoms with E-state index in [9.17, 15) is 4.79 Å². The van der Waals surface area contributed by atoms with Gasteiger partial charge in [0.2, 0.25) is 5.60 Å². The largest absolute Gasteiger partial charge is 0.467 e. The number of rotatable bonds is 7. The summed E-state index contributed by atoms with van der Waals surface area (Å²) in [6.45, 7) is 14.8. The lowest BCUT2D eigenvalue weighted by Crippen LogP contribution is -2.36. The first-order valence-corrected chi connectivity index (χ1v) is 7.54. The van der Waals surface area contributed by atoms with Gasteiger partial charge in [-0.3, -0.25) is 5.26 Å². The Hall–Kier alpha value is -0.910. The minimum atomic E-state index is -1.47. The molecule has 0 aliphatic rings. The molecule has 0 rings (SSSR count). The summed E-state index contributed by atoms with van der Waals surface area (Å²) in [6.07, 6.45) is 4.27. The van der Waals surface area contributed by atoms with E-state index < -0.39 is 11.6 Å². The molecule has 0 aromatic rings. The zero-order valence-corrected chi connectivity index (χ0v) is 14.9. The van der Waals surface area contributed by atoms with Crippen molar-refractivity contribution >= 4 is 5.97 Å². The Labute approximate surface area is 130 Å². The monoisotopic (exact) mass is 306 g/mol. The maximum Gasteiger partial charge on any atom is 0.345 e. The number of ether oxygens (including phenoxy) is 2. The van der Waals surface area contributed by atoms with Gasteiger partial charge in [0.15, 0.2) is 0 Å². The SMILES string of the molecule is CC.CCC(C)C.CCOC/C=C/C(C)(OO)C(=O)OC. The fraction of sp³-hybridized carbons (Fsp3) is 0.812. The van der Waals surface area contributed by atoms with Crippen molar-refractivity contribution < 1.29 is 24.4 Å². The number of carbonyl (C=O) groups is 1. The maximum atomic E-state index is 11.1. The van der Waals surface area contributed by atoms with Crippen molar-refractivity contribution in [2.24, 2.45) is 5.92 Å². The van der Waals surface area contributed by atoms with Crippen LogP contribution in [0.1, 0.15) is 54.9 Å². The lowest BCUT2D eigenvalue weighted by atomic mass is 10.1. The molecule has 5 nitrogen and oxygen atoms in total. The maximum absolute atomic E-state index is 11.1. The van der Waals surface area contributed by atoms with Crippen molar-refractivity contribution in [3.8, 4) is 0 Å². The Morgan fingerprint density at radius 2 is 1.76 bits per heavy atom. The molecular weight excluding hydrogens is 272 g/mol. The summed E-state index contributed by atoms with van der Waals surface area (Å²) in [7, 11) is 1.22. The van der Waals surface area contributed by atoms with Crippen LogP contribution >= 0.6 is 0 Å². The Morgan fingerprint density at radius 3 is 2.05 bits per heavy atom. The molecular formula is C16H34O5. The molecule has 0 aliphatic heterocycles. The normalized spacial score (nSPS) is 12.9. The first-order chi connectivity index (χ1) is 9.87. The minimum absolute atomic E-state index is 0.354. The number of methoxy groups -OCH3 is 1. The van der Waals surface area contributed by atoms with Crippen molar-refractivity contribution in [2.45, 2.75) is 60.5 Å². The Balaban J connectivity index is -0.000000389. The Bertz CT molecular complexity index is 251. The van der Waals surface area contributed by atoms with Gasteiger partial charge in [-0.05, 0) is 25.8 Å². The van der Waals surface area contributed by atoms with E-state index in [1.54, 1.807) is 6.08 Å². The summed E-state index contributed by atoms with van der Waals surface area (Å²) in [4.78, 5) is 15.2. The molecule has 128 valence electrons. The summed E-state index contributed by atoms with van der Waals surface area (Å²) < 4.78 is 9.46. The van der Waals surface area contributed by atoms with Gasteiger partial charge in [-0.2, -0.15) is 0 Å². The van der Waals surface area contributed by atoms with Crippen LogP contribution in [-0.4, -0.2) is 37.2 Å². The highest BCUT2D eigenvalue weighted by atomic mass is 17.1. The van der Waals surface area contributed by atoms with Crippen LogP contribution in [0.3, 0.4) is 0 Å². The third kappa shape index (κ3) is 15.3. The lowest BCUT2D eigenvalue weighted by molar-refractivity contribution is -0.298. The third-order valence-corrected chi connectivity index (χ3v) is 2.45. The topological polar surface area (TPSA) is 65.0 Å². The molecule has 0 aromatic heterocycles. The second kappa shape index (κ2) is 17.1. The van der Waals surface area contributed by atoms with Crippen LogP contribution in [0, 0.1) is 5.92 Å². The molecule has 5 heteroatoms. The van der Waals surface area contributed by atoms with Gasteiger partial charge in [0.25, 0.3) is 0 Å². The zero-order chi connectivity index (χ0) is 17.3. The van der Waals surface area contributed by atoms with Crippen LogP contribution in [0.5, 0.6) is 0 Å². The van der Waals surface area contributed by atoms with E-state index in [1.807, 2.05) is 20.8 Å². The van der Waals surface area contributed by atoms with Crippen molar-refractivity contribution in [1.82, 2.24) is 0 Å². The molecule has 0 heterocycles. The van der Waals surface area contributed by atoms with E-state index >= 15 is 0 Å². The quantitative estimate of drug-likeness (QED) is 0.252. The molecule has 0 aromatic carbocycles. The van der Waals surface area contributed by atoms with Gasteiger partial charge in [0, 0.05) is 6.61 Å². The predicted molar refractivity (Wildman–Crippen MR) is 86.2 cm³/mol. The Kier molecular flexibility index (Phi) is 20.5. The fourth-order valence-electron chi connectivity index (χ4n) is 0.797. The van der Waals surface area contributed by atoms with E-state index in [2.05, 4.69) is 30.4 Å². The third-order valence-electron chi connectivity index (χ3n) is 2.45. The van der Waals surface area contributed by atoms with Crippen LogP contribution in [-0.2, 0) is 19.2 Å². The molecule has 0 saturated heterocycles. The van der Waals surface area contributed by atoms with Crippen LogP contribution in [0.4, 0.5) is 0 Å². The second-order valence-electron chi connectivity index (χ2n) is 4.55. The van der Waals surface area contributed by atoms with Gasteiger partial charge >= 0.3 is 5.97 Å². The fourth-order valence-corrected chi connectivity index (χ4v) is 0.797. The van der Waals surface area contributed by atoms with E-state index in [0.717, 1.165) is 5.92 Å². The molecule has 21 heavy (non-hydrogen) atoms. The molecule has 0 spiro atoms. The highest BCUT2D eigenvalue weighted by Crippen LogP contribution is 2.12. The number of hydrogen-bond donors (Lipinski definition) is 1. The molecule has 1 unspecified atom stereocenters. The second-order valence-corrected chi connectivity index (χ2v) is 4.55. The van der Waals surface area contributed by atoms with Gasteiger partial charge in [-0.25, -0.2) is 9.68 Å². The molecule has 1 N–H and O–H groups in total. The highest BCUT2D eigenvalue weighted by molar-refractivity contribution is 5.81. The molecule has 0 radical (unpaired) electrons. The van der Waals surface area contributed by atoms with Crippen LogP contribution in [0.15, 0.2) is 12.2 Å². The Morgan fingerprint density at radius 1 is 1.29 bits per heavy atom. The predicted octanol–water partition coefficient (Wildman–Crippen LogP) is 4.08. The van der Waals surface area contributed by atoms with E-state index in [0.29, 0.717) is 13.2 Å². The highest BCUT2D eigenvalue weighted by Gasteiger charge is 2.33. The zero-order valence-electron chi connectivity index (χ0n) is 14.9. The van der Waals surface area contributed by atoms with Crippen molar-refractivity contribution in [3.63, 3.8) is 0 Å². The van der Waals surface area contributed by atoms with E-state index in [1.165, 1.54) is 26.5 Å². The lowest BCUT2D eigenvalue weighted by Gasteiger charge is -2.18. The summed E-state index contributed by atoms with van der Waals surface area (Å²) in [5, 5.41) is 8.55. The van der Waals surface area contributed by atoms with Crippen LogP contribution < -0.4 is 0 Å². The summed E-state index contributed by atoms with van der Waals surface area (Å²) in [5.74, 6) is 0.211. The van der Waals surface area contributed by atoms with Crippen molar-refractivity contribution in [2.75, 3.05) is 20.3 Å². The van der Waals surface area contributed by atoms with Crippen LogP contribution in [0.25, 0.3) is 0 Å². The first-order valence-electron chi connectivity index (χ1n) is 7.54. The summed E-state index contributed by atoms with van der Waals surface area (Å²) >= 11 is 0. The van der Waals surface area contributed by atoms with E-state index in [-0.39, 0.29) is 0 Å². The smallest absolute Gasteiger partial charge is 0.345 e. The number of hydrogen-bond acceptors (Lipinski definition) is 5. The van der Waals surface area contributed by atoms with Gasteiger partial charge < -0.3 is 9.47 Å². The molecule has 0 amide bonds. The standard InChI is InChI=1S/C9H16O5.C5H12.C2H6/c1-4-13-7-5-6-9(2,14-11)8(10)12-3;1-4-5(2)3;1-2/h5-6,11H,4,7H2,1-3H3;5H,4H2,1-3H3;1-2H3/b6-5+;;. The average molecular weight is 306 g/mol. The molecule has 0 saturated carbocycles.